The molecule has 4 rings (SSSR count). The molecule has 0 saturated carbocycles. The van der Waals surface area contributed by atoms with E-state index in [0.29, 0.717) is 16.8 Å². The molecule has 0 spiro atoms. The number of carbonyl (C=O) groups is 2. The van der Waals surface area contributed by atoms with Gasteiger partial charge in [-0.2, -0.15) is 0 Å². The summed E-state index contributed by atoms with van der Waals surface area (Å²) in [5.41, 5.74) is 3.65. The van der Waals surface area contributed by atoms with Gasteiger partial charge in [0.05, 0.1) is 5.69 Å². The van der Waals surface area contributed by atoms with E-state index >= 15 is 0 Å². The van der Waals surface area contributed by atoms with Gasteiger partial charge in [0, 0.05) is 21.3 Å². The third-order valence-electron chi connectivity index (χ3n) is 4.50. The molecule has 0 aliphatic carbocycles. The van der Waals surface area contributed by atoms with Gasteiger partial charge in [-0.25, -0.2) is 9.67 Å². The van der Waals surface area contributed by atoms with Gasteiger partial charge < -0.3 is 5.32 Å². The summed E-state index contributed by atoms with van der Waals surface area (Å²) in [6.45, 7) is 2.00. The molecule has 1 amide bonds. The van der Waals surface area contributed by atoms with Gasteiger partial charge in [-0.1, -0.05) is 33.6 Å². The fraction of sp³-hybridized carbons (Fsp3) is 0.0435. The number of rotatable bonds is 5. The summed E-state index contributed by atoms with van der Waals surface area (Å²) in [6, 6.07) is 21.6. The topological polar surface area (TPSA) is 76.9 Å². The number of amides is 1. The summed E-state index contributed by atoms with van der Waals surface area (Å²) in [7, 11) is 0. The third-order valence-corrected chi connectivity index (χ3v) is 5.03. The van der Waals surface area contributed by atoms with E-state index in [4.69, 9.17) is 0 Å². The molecule has 0 radical (unpaired) electrons. The van der Waals surface area contributed by atoms with Crippen LogP contribution in [0.2, 0.25) is 0 Å². The number of aromatic nitrogens is 3. The maximum absolute atomic E-state index is 12.5. The summed E-state index contributed by atoms with van der Waals surface area (Å²) in [5.74, 6) is -0.447. The molecule has 3 aromatic carbocycles. The lowest BCUT2D eigenvalue weighted by molar-refractivity contribution is 0.101. The van der Waals surface area contributed by atoms with Gasteiger partial charge in [-0.15, -0.1) is 5.10 Å². The normalized spacial score (nSPS) is 10.6. The van der Waals surface area contributed by atoms with Crippen LogP contribution in [0.5, 0.6) is 0 Å². The molecule has 0 atom stereocenters. The molecule has 1 aromatic heterocycles. The zero-order valence-electron chi connectivity index (χ0n) is 16.0. The Hall–Kier alpha value is -3.58. The first kappa shape index (κ1) is 19.7. The van der Waals surface area contributed by atoms with E-state index in [1.54, 1.807) is 41.1 Å². The Labute approximate surface area is 181 Å². The van der Waals surface area contributed by atoms with E-state index in [1.807, 2.05) is 43.3 Å². The summed E-state index contributed by atoms with van der Waals surface area (Å²) >= 11 is 3.36. The fourth-order valence-electron chi connectivity index (χ4n) is 2.85. The maximum atomic E-state index is 12.5. The van der Waals surface area contributed by atoms with E-state index in [2.05, 4.69) is 31.3 Å². The van der Waals surface area contributed by atoms with Gasteiger partial charge in [-0.3, -0.25) is 9.59 Å². The van der Waals surface area contributed by atoms with Crippen LogP contribution >= 0.6 is 15.9 Å². The molecule has 0 aliphatic rings. The van der Waals surface area contributed by atoms with Crippen molar-refractivity contribution in [3.05, 3.63) is 106 Å². The fourth-order valence-corrected chi connectivity index (χ4v) is 3.11. The minimum Gasteiger partial charge on any atom is -0.319 e. The van der Waals surface area contributed by atoms with Crippen LogP contribution in [0, 0.1) is 6.92 Å². The number of benzene rings is 3. The van der Waals surface area contributed by atoms with E-state index in [1.165, 1.54) is 6.33 Å². The van der Waals surface area contributed by atoms with E-state index in [0.717, 1.165) is 15.7 Å². The van der Waals surface area contributed by atoms with Crippen molar-refractivity contribution in [2.45, 2.75) is 6.92 Å². The van der Waals surface area contributed by atoms with Crippen LogP contribution in [-0.4, -0.2) is 26.5 Å². The van der Waals surface area contributed by atoms with Crippen LogP contribution in [-0.2, 0) is 0 Å². The molecule has 148 valence electrons. The van der Waals surface area contributed by atoms with Crippen LogP contribution < -0.4 is 5.32 Å². The molecule has 6 nitrogen and oxygen atoms in total. The molecule has 0 aliphatic heterocycles. The van der Waals surface area contributed by atoms with Gasteiger partial charge in [0.2, 0.25) is 5.82 Å². The highest BCUT2D eigenvalue weighted by Gasteiger charge is 2.14. The predicted molar refractivity (Wildman–Crippen MR) is 118 cm³/mol. The zero-order chi connectivity index (χ0) is 21.1. The number of nitrogens with one attached hydrogen (secondary N) is 1. The van der Waals surface area contributed by atoms with Crippen molar-refractivity contribution in [3.8, 4) is 5.69 Å². The number of carbonyl (C=O) groups excluding carboxylic acids is 2. The number of hydrogen-bond acceptors (Lipinski definition) is 4. The van der Waals surface area contributed by atoms with Crippen molar-refractivity contribution in [1.82, 2.24) is 14.8 Å². The monoisotopic (exact) mass is 460 g/mol. The Kier molecular flexibility index (Phi) is 5.54. The maximum Gasteiger partial charge on any atom is 0.295 e. The second kappa shape index (κ2) is 8.42. The predicted octanol–water partition coefficient (Wildman–Crippen LogP) is 4.82. The molecule has 1 N–H and O–H groups in total. The quantitative estimate of drug-likeness (QED) is 0.433. The Morgan fingerprint density at radius 3 is 2.10 bits per heavy atom. The van der Waals surface area contributed by atoms with Crippen molar-refractivity contribution >= 4 is 33.3 Å². The summed E-state index contributed by atoms with van der Waals surface area (Å²) in [4.78, 5) is 29.1. The first-order valence-corrected chi connectivity index (χ1v) is 9.99. The highest BCUT2D eigenvalue weighted by Crippen LogP contribution is 2.17. The molecular weight excluding hydrogens is 444 g/mol. The van der Waals surface area contributed by atoms with Crippen molar-refractivity contribution < 1.29 is 9.59 Å². The summed E-state index contributed by atoms with van der Waals surface area (Å²) in [5, 5.41) is 6.99. The van der Waals surface area contributed by atoms with Gasteiger partial charge in [0.1, 0.15) is 6.33 Å². The lowest BCUT2D eigenvalue weighted by Crippen LogP contribution is -2.14. The Balaban J connectivity index is 1.44. The molecule has 0 unspecified atom stereocenters. The highest BCUT2D eigenvalue weighted by molar-refractivity contribution is 9.10. The van der Waals surface area contributed by atoms with Crippen LogP contribution in [0.4, 0.5) is 5.69 Å². The highest BCUT2D eigenvalue weighted by atomic mass is 79.9. The molecule has 0 bridgehead atoms. The van der Waals surface area contributed by atoms with E-state index in [-0.39, 0.29) is 11.6 Å². The number of nitrogens with zero attached hydrogens (tertiary/aromatic N) is 3. The lowest BCUT2D eigenvalue weighted by Gasteiger charge is -2.05. The number of halogens is 1. The van der Waals surface area contributed by atoms with Crippen LogP contribution in [0.1, 0.15) is 32.1 Å². The first-order valence-electron chi connectivity index (χ1n) is 9.20. The molecule has 1 heterocycles. The van der Waals surface area contributed by atoms with Crippen molar-refractivity contribution in [2.24, 2.45) is 0 Å². The zero-order valence-corrected chi connectivity index (χ0v) is 17.6. The Morgan fingerprint density at radius 1 is 0.867 bits per heavy atom. The number of aryl methyl sites for hydroxylation is 1. The van der Waals surface area contributed by atoms with Gasteiger partial charge in [0.15, 0.2) is 5.78 Å². The van der Waals surface area contributed by atoms with Crippen LogP contribution in [0.15, 0.2) is 83.6 Å². The van der Waals surface area contributed by atoms with Gasteiger partial charge in [0.25, 0.3) is 5.91 Å². The standard InChI is InChI=1S/C23H17BrN4O2/c1-15-2-12-20(13-3-15)28-14-25-22(27-28)23(30)26-19-10-6-17(7-11-19)21(29)16-4-8-18(24)9-5-16/h2-14H,1H3,(H,26,30). The second-order valence-corrected chi connectivity index (χ2v) is 7.63. The smallest absolute Gasteiger partial charge is 0.295 e. The summed E-state index contributed by atoms with van der Waals surface area (Å²) < 4.78 is 2.46. The molecule has 30 heavy (non-hydrogen) atoms. The second-order valence-electron chi connectivity index (χ2n) is 6.72. The average molecular weight is 461 g/mol. The van der Waals surface area contributed by atoms with Gasteiger partial charge in [-0.05, 0) is 67.6 Å². The number of anilines is 1. The molecule has 7 heteroatoms. The van der Waals surface area contributed by atoms with Crippen molar-refractivity contribution in [1.29, 1.82) is 0 Å². The first-order chi connectivity index (χ1) is 14.5. The number of hydrogen-bond donors (Lipinski definition) is 1. The van der Waals surface area contributed by atoms with Crippen LogP contribution in [0.3, 0.4) is 0 Å². The molecule has 0 fully saturated rings. The van der Waals surface area contributed by atoms with Crippen molar-refractivity contribution in [2.75, 3.05) is 5.32 Å². The minimum atomic E-state index is -0.423. The SMILES string of the molecule is Cc1ccc(-n2cnc(C(=O)Nc3ccc(C(=O)c4ccc(Br)cc4)cc3)n2)cc1. The largest absolute Gasteiger partial charge is 0.319 e. The Morgan fingerprint density at radius 2 is 1.47 bits per heavy atom. The summed E-state index contributed by atoms with van der Waals surface area (Å²) in [6.07, 6.45) is 1.50. The van der Waals surface area contributed by atoms with E-state index < -0.39 is 5.91 Å². The average Bonchev–Trinajstić information content (AvgIpc) is 3.25. The lowest BCUT2D eigenvalue weighted by atomic mass is 10.0. The third kappa shape index (κ3) is 4.36. The minimum absolute atomic E-state index is 0.0607. The van der Waals surface area contributed by atoms with E-state index in [9.17, 15) is 9.59 Å². The van der Waals surface area contributed by atoms with Gasteiger partial charge >= 0.3 is 0 Å². The molecular formula is C23H17BrN4O2. The van der Waals surface area contributed by atoms with Crippen LogP contribution in [0.25, 0.3) is 5.69 Å². The number of ketones is 1. The Bertz CT molecular complexity index is 1200. The van der Waals surface area contributed by atoms with Crippen molar-refractivity contribution in [3.63, 3.8) is 0 Å². The molecule has 4 aromatic rings. The molecule has 0 saturated heterocycles.